The molecule has 0 aliphatic carbocycles. The van der Waals surface area contributed by atoms with Crippen LogP contribution in [-0.2, 0) is 0 Å². The van der Waals surface area contributed by atoms with Crippen LogP contribution >= 0.6 is 11.6 Å². The van der Waals surface area contributed by atoms with E-state index < -0.39 is 0 Å². The van der Waals surface area contributed by atoms with Gasteiger partial charge in [0.25, 0.3) is 0 Å². The summed E-state index contributed by atoms with van der Waals surface area (Å²) in [5.41, 5.74) is 0.549. The van der Waals surface area contributed by atoms with Crippen molar-refractivity contribution in [1.29, 1.82) is 5.26 Å². The fraction of sp³-hybridized carbons (Fsp3) is 0.455. The van der Waals surface area contributed by atoms with Crippen LogP contribution in [0.3, 0.4) is 0 Å². The summed E-state index contributed by atoms with van der Waals surface area (Å²) < 4.78 is 0. The SMILES string of the molecule is CCCCN(C)c1cc(C#N)cc(Cl)n1. The van der Waals surface area contributed by atoms with Crippen LogP contribution in [-0.4, -0.2) is 18.6 Å². The molecule has 1 rings (SSSR count). The summed E-state index contributed by atoms with van der Waals surface area (Å²) in [6.07, 6.45) is 2.24. The zero-order valence-electron chi connectivity index (χ0n) is 9.00. The van der Waals surface area contributed by atoms with Crippen LogP contribution in [0.4, 0.5) is 5.82 Å². The van der Waals surface area contributed by atoms with E-state index in [1.807, 2.05) is 11.9 Å². The quantitative estimate of drug-likeness (QED) is 0.737. The molecule has 0 saturated carbocycles. The second-order valence-electron chi connectivity index (χ2n) is 3.42. The molecular weight excluding hydrogens is 210 g/mol. The highest BCUT2D eigenvalue weighted by Crippen LogP contribution is 2.16. The summed E-state index contributed by atoms with van der Waals surface area (Å²) in [6, 6.07) is 5.39. The van der Waals surface area contributed by atoms with Crippen molar-refractivity contribution in [3.63, 3.8) is 0 Å². The van der Waals surface area contributed by atoms with Gasteiger partial charge >= 0.3 is 0 Å². The van der Waals surface area contributed by atoms with Crippen molar-refractivity contribution in [2.75, 3.05) is 18.5 Å². The van der Waals surface area contributed by atoms with E-state index in [2.05, 4.69) is 18.0 Å². The summed E-state index contributed by atoms with van der Waals surface area (Å²) in [6.45, 7) is 3.06. The van der Waals surface area contributed by atoms with Gasteiger partial charge in [-0.3, -0.25) is 0 Å². The third kappa shape index (κ3) is 3.41. The number of nitriles is 1. The van der Waals surface area contributed by atoms with Gasteiger partial charge in [0.15, 0.2) is 0 Å². The van der Waals surface area contributed by atoms with Gasteiger partial charge < -0.3 is 4.90 Å². The monoisotopic (exact) mass is 223 g/mol. The number of nitrogens with zero attached hydrogens (tertiary/aromatic N) is 3. The van der Waals surface area contributed by atoms with Gasteiger partial charge in [-0.1, -0.05) is 24.9 Å². The van der Waals surface area contributed by atoms with Gasteiger partial charge in [-0.15, -0.1) is 0 Å². The molecule has 1 aromatic heterocycles. The largest absolute Gasteiger partial charge is 0.360 e. The Bertz CT molecular complexity index is 371. The molecule has 0 aliphatic rings. The number of rotatable bonds is 4. The van der Waals surface area contributed by atoms with Crippen molar-refractivity contribution in [1.82, 2.24) is 4.98 Å². The Morgan fingerprint density at radius 1 is 1.53 bits per heavy atom. The molecule has 1 heterocycles. The van der Waals surface area contributed by atoms with Crippen molar-refractivity contribution in [3.05, 3.63) is 22.8 Å². The number of anilines is 1. The first-order valence-electron chi connectivity index (χ1n) is 4.96. The van der Waals surface area contributed by atoms with Gasteiger partial charge in [0.05, 0.1) is 11.6 Å². The van der Waals surface area contributed by atoms with E-state index in [4.69, 9.17) is 16.9 Å². The van der Waals surface area contributed by atoms with Gasteiger partial charge in [-0.2, -0.15) is 5.26 Å². The maximum Gasteiger partial charge on any atom is 0.132 e. The molecule has 0 spiro atoms. The summed E-state index contributed by atoms with van der Waals surface area (Å²) in [5.74, 6) is 0.757. The van der Waals surface area contributed by atoms with Crippen LogP contribution in [0.25, 0.3) is 0 Å². The van der Waals surface area contributed by atoms with E-state index in [0.29, 0.717) is 10.7 Å². The van der Waals surface area contributed by atoms with Crippen molar-refractivity contribution in [2.24, 2.45) is 0 Å². The lowest BCUT2D eigenvalue weighted by Gasteiger charge is -2.17. The average Bonchev–Trinajstić information content (AvgIpc) is 2.24. The highest BCUT2D eigenvalue weighted by Gasteiger charge is 2.05. The van der Waals surface area contributed by atoms with Gasteiger partial charge in [-0.25, -0.2) is 4.98 Å². The highest BCUT2D eigenvalue weighted by atomic mass is 35.5. The van der Waals surface area contributed by atoms with E-state index >= 15 is 0 Å². The van der Waals surface area contributed by atoms with Crippen LogP contribution < -0.4 is 4.90 Å². The molecule has 15 heavy (non-hydrogen) atoms. The van der Waals surface area contributed by atoms with Crippen LogP contribution in [0.15, 0.2) is 12.1 Å². The average molecular weight is 224 g/mol. The van der Waals surface area contributed by atoms with E-state index in [9.17, 15) is 0 Å². The number of pyridine rings is 1. The molecule has 0 amide bonds. The van der Waals surface area contributed by atoms with E-state index in [1.165, 1.54) is 0 Å². The lowest BCUT2D eigenvalue weighted by molar-refractivity contribution is 0.759. The van der Waals surface area contributed by atoms with Crippen molar-refractivity contribution >= 4 is 17.4 Å². The van der Waals surface area contributed by atoms with Crippen molar-refractivity contribution in [2.45, 2.75) is 19.8 Å². The van der Waals surface area contributed by atoms with E-state index in [1.54, 1.807) is 12.1 Å². The van der Waals surface area contributed by atoms with E-state index in [-0.39, 0.29) is 0 Å². The predicted molar refractivity (Wildman–Crippen MR) is 62.1 cm³/mol. The third-order valence-electron chi connectivity index (χ3n) is 2.15. The summed E-state index contributed by atoms with van der Waals surface area (Å²) in [7, 11) is 1.95. The number of hydrogen-bond acceptors (Lipinski definition) is 3. The summed E-state index contributed by atoms with van der Waals surface area (Å²) >= 11 is 5.82. The smallest absolute Gasteiger partial charge is 0.132 e. The predicted octanol–water partition coefficient (Wildman–Crippen LogP) is 2.84. The van der Waals surface area contributed by atoms with Crippen molar-refractivity contribution < 1.29 is 0 Å². The first kappa shape index (κ1) is 11.8. The minimum atomic E-state index is 0.368. The summed E-state index contributed by atoms with van der Waals surface area (Å²) in [5, 5.41) is 9.16. The Morgan fingerprint density at radius 3 is 2.87 bits per heavy atom. The standard InChI is InChI=1S/C11H14ClN3/c1-3-4-5-15(2)11-7-9(8-13)6-10(12)14-11/h6-7H,3-5H2,1-2H3. The Kier molecular flexibility index (Phi) is 4.38. The fourth-order valence-electron chi connectivity index (χ4n) is 1.25. The molecule has 0 aliphatic heterocycles. The first-order chi connectivity index (χ1) is 7.17. The normalized spacial score (nSPS) is 9.73. The van der Waals surface area contributed by atoms with E-state index in [0.717, 1.165) is 25.2 Å². The Labute approximate surface area is 95.3 Å². The molecule has 0 N–H and O–H groups in total. The lowest BCUT2D eigenvalue weighted by Crippen LogP contribution is -2.19. The van der Waals surface area contributed by atoms with Crippen LogP contribution in [0.1, 0.15) is 25.3 Å². The number of unbranched alkanes of at least 4 members (excludes halogenated alkanes) is 1. The molecule has 3 nitrogen and oxygen atoms in total. The molecule has 80 valence electrons. The molecule has 0 saturated heterocycles. The highest BCUT2D eigenvalue weighted by molar-refractivity contribution is 6.29. The molecule has 1 aromatic rings. The van der Waals surface area contributed by atoms with Gasteiger partial charge in [0.1, 0.15) is 11.0 Å². The molecule has 0 bridgehead atoms. The van der Waals surface area contributed by atoms with Crippen molar-refractivity contribution in [3.8, 4) is 6.07 Å². The topological polar surface area (TPSA) is 39.9 Å². The second kappa shape index (κ2) is 5.57. The zero-order chi connectivity index (χ0) is 11.3. The van der Waals surface area contributed by atoms with Crippen LogP contribution in [0.2, 0.25) is 5.15 Å². The minimum Gasteiger partial charge on any atom is -0.360 e. The maximum absolute atomic E-state index is 8.79. The maximum atomic E-state index is 8.79. The number of aromatic nitrogens is 1. The third-order valence-corrected chi connectivity index (χ3v) is 2.34. The van der Waals surface area contributed by atoms with Crippen LogP contribution in [0, 0.1) is 11.3 Å². The minimum absolute atomic E-state index is 0.368. The molecule has 4 heteroatoms. The van der Waals surface area contributed by atoms with Gasteiger partial charge in [-0.05, 0) is 18.6 Å². The number of hydrogen-bond donors (Lipinski definition) is 0. The summed E-state index contributed by atoms with van der Waals surface area (Å²) in [4.78, 5) is 6.19. The Hall–Kier alpha value is -1.27. The molecule has 0 aromatic carbocycles. The first-order valence-corrected chi connectivity index (χ1v) is 5.34. The molecule has 0 radical (unpaired) electrons. The molecule has 0 unspecified atom stereocenters. The number of halogens is 1. The zero-order valence-corrected chi connectivity index (χ0v) is 9.75. The molecule has 0 atom stereocenters. The fourth-order valence-corrected chi connectivity index (χ4v) is 1.46. The Morgan fingerprint density at radius 2 is 2.27 bits per heavy atom. The molecule has 0 fully saturated rings. The van der Waals surface area contributed by atoms with Gasteiger partial charge in [0.2, 0.25) is 0 Å². The molecular formula is C11H14ClN3. The lowest BCUT2D eigenvalue weighted by atomic mass is 10.2. The second-order valence-corrected chi connectivity index (χ2v) is 3.81. The van der Waals surface area contributed by atoms with Gasteiger partial charge in [0, 0.05) is 13.6 Å². The van der Waals surface area contributed by atoms with Crippen LogP contribution in [0.5, 0.6) is 0 Å². The Balaban J connectivity index is 2.84.